The summed E-state index contributed by atoms with van der Waals surface area (Å²) in [4.78, 5) is 0. The Morgan fingerprint density at radius 3 is 2.43 bits per heavy atom. The summed E-state index contributed by atoms with van der Waals surface area (Å²) in [5, 5.41) is 1.37. The van der Waals surface area contributed by atoms with Gasteiger partial charge in [-0.3, -0.25) is 0 Å². The van der Waals surface area contributed by atoms with Gasteiger partial charge >= 0.3 is 0 Å². The van der Waals surface area contributed by atoms with Crippen LogP contribution in [0.5, 0.6) is 0 Å². The summed E-state index contributed by atoms with van der Waals surface area (Å²) in [7, 11) is 0. The van der Waals surface area contributed by atoms with Gasteiger partial charge < -0.3 is 4.57 Å². The minimum absolute atomic E-state index is 1.05. The number of hydrogen-bond donors (Lipinski definition) is 0. The van der Waals surface area contributed by atoms with Gasteiger partial charge in [0.1, 0.15) is 0 Å². The van der Waals surface area contributed by atoms with Crippen LogP contribution in [0, 0.1) is 6.92 Å². The van der Waals surface area contributed by atoms with E-state index in [-0.39, 0.29) is 0 Å². The minimum Gasteiger partial charge on any atom is -0.347 e. The number of para-hydroxylation sites is 1. The van der Waals surface area contributed by atoms with Gasteiger partial charge in [0, 0.05) is 23.6 Å². The molecule has 76 valence electrons. The van der Waals surface area contributed by atoms with Gasteiger partial charge in [0.15, 0.2) is 0 Å². The lowest BCUT2D eigenvalue weighted by Crippen LogP contribution is -1.89. The van der Waals surface area contributed by atoms with E-state index >= 15 is 0 Å². The van der Waals surface area contributed by atoms with E-state index in [9.17, 15) is 0 Å². The third-order valence-electron chi connectivity index (χ3n) is 2.33. The van der Waals surface area contributed by atoms with Crippen LogP contribution in [0.2, 0.25) is 0 Å². The number of hydrogen-bond acceptors (Lipinski definition) is 0. The van der Waals surface area contributed by atoms with Gasteiger partial charge in [-0.15, -0.1) is 0 Å². The molecule has 1 heterocycles. The summed E-state index contributed by atoms with van der Waals surface area (Å²) in [5.74, 6) is 0. The Kier molecular flexibility index (Phi) is 3.75. The van der Waals surface area contributed by atoms with Crippen LogP contribution in [0.4, 0.5) is 0 Å². The topological polar surface area (TPSA) is 4.93 Å². The molecule has 0 saturated heterocycles. The van der Waals surface area contributed by atoms with E-state index in [1.807, 2.05) is 13.8 Å². The van der Waals surface area contributed by atoms with Crippen molar-refractivity contribution in [1.82, 2.24) is 4.57 Å². The molecule has 0 unspecified atom stereocenters. The summed E-state index contributed by atoms with van der Waals surface area (Å²) in [6, 6.07) is 8.53. The molecule has 0 spiro atoms. The fourth-order valence-corrected chi connectivity index (χ4v) is 1.69. The molecular formula is C13H19N. The Hall–Kier alpha value is -1.24. The molecule has 0 aliphatic carbocycles. The van der Waals surface area contributed by atoms with E-state index in [4.69, 9.17) is 0 Å². The molecule has 0 aliphatic rings. The molecule has 2 aromatic rings. The predicted molar refractivity (Wildman–Crippen MR) is 63.7 cm³/mol. The van der Waals surface area contributed by atoms with Gasteiger partial charge in [0.2, 0.25) is 0 Å². The molecule has 1 aromatic carbocycles. The highest BCUT2D eigenvalue weighted by atomic mass is 14.9. The van der Waals surface area contributed by atoms with Crippen molar-refractivity contribution in [2.45, 2.75) is 34.2 Å². The molecule has 0 amide bonds. The van der Waals surface area contributed by atoms with Crippen molar-refractivity contribution in [1.29, 1.82) is 0 Å². The maximum Gasteiger partial charge on any atom is 0.0482 e. The minimum atomic E-state index is 1.05. The molecule has 0 N–H and O–H groups in total. The van der Waals surface area contributed by atoms with Crippen molar-refractivity contribution >= 4 is 10.9 Å². The average molecular weight is 189 g/mol. The Morgan fingerprint density at radius 1 is 1.14 bits per heavy atom. The Balaban J connectivity index is 0.000000461. The Labute approximate surface area is 86.4 Å². The second-order valence-electron chi connectivity index (χ2n) is 3.12. The highest BCUT2D eigenvalue weighted by molar-refractivity contribution is 5.83. The molecule has 0 radical (unpaired) electrons. The Bertz CT molecular complexity index is 399. The van der Waals surface area contributed by atoms with Crippen LogP contribution in [0.3, 0.4) is 0 Å². The van der Waals surface area contributed by atoms with Crippen molar-refractivity contribution < 1.29 is 0 Å². The quantitative estimate of drug-likeness (QED) is 0.639. The SMILES string of the molecule is CC.CCn1cc(C)c2ccccc21. The first-order chi connectivity index (χ1) is 6.83. The van der Waals surface area contributed by atoms with Crippen molar-refractivity contribution in [2.24, 2.45) is 0 Å². The average Bonchev–Trinajstić information content (AvgIpc) is 2.59. The van der Waals surface area contributed by atoms with Gasteiger partial charge in [-0.25, -0.2) is 0 Å². The number of aryl methyl sites for hydroxylation is 2. The van der Waals surface area contributed by atoms with Gasteiger partial charge in [-0.05, 0) is 25.5 Å². The van der Waals surface area contributed by atoms with E-state index < -0.39 is 0 Å². The molecule has 1 nitrogen and oxygen atoms in total. The van der Waals surface area contributed by atoms with Crippen molar-refractivity contribution in [3.05, 3.63) is 36.0 Å². The van der Waals surface area contributed by atoms with Crippen molar-refractivity contribution in [2.75, 3.05) is 0 Å². The van der Waals surface area contributed by atoms with E-state index in [0.29, 0.717) is 0 Å². The van der Waals surface area contributed by atoms with Crippen LogP contribution >= 0.6 is 0 Å². The molecule has 0 bridgehead atoms. The van der Waals surface area contributed by atoms with Gasteiger partial charge in [0.05, 0.1) is 0 Å². The van der Waals surface area contributed by atoms with Crippen LogP contribution in [0.15, 0.2) is 30.5 Å². The van der Waals surface area contributed by atoms with Crippen LogP contribution in [0.1, 0.15) is 26.3 Å². The number of rotatable bonds is 1. The highest BCUT2D eigenvalue weighted by Gasteiger charge is 2.01. The van der Waals surface area contributed by atoms with Gasteiger partial charge in [0.25, 0.3) is 0 Å². The normalized spacial score (nSPS) is 9.71. The molecule has 1 aromatic heterocycles. The summed E-state index contributed by atoms with van der Waals surface area (Å²) >= 11 is 0. The molecule has 0 fully saturated rings. The van der Waals surface area contributed by atoms with Crippen LogP contribution in [-0.2, 0) is 6.54 Å². The zero-order valence-electron chi connectivity index (χ0n) is 9.54. The van der Waals surface area contributed by atoms with Crippen LogP contribution < -0.4 is 0 Å². The molecule has 0 saturated carbocycles. The van der Waals surface area contributed by atoms with E-state index in [1.54, 1.807) is 0 Å². The van der Waals surface area contributed by atoms with E-state index in [1.165, 1.54) is 16.5 Å². The Morgan fingerprint density at radius 2 is 1.79 bits per heavy atom. The monoisotopic (exact) mass is 189 g/mol. The number of benzene rings is 1. The molecule has 2 rings (SSSR count). The third kappa shape index (κ3) is 1.82. The second-order valence-corrected chi connectivity index (χ2v) is 3.12. The van der Waals surface area contributed by atoms with Gasteiger partial charge in [-0.1, -0.05) is 32.0 Å². The highest BCUT2D eigenvalue weighted by Crippen LogP contribution is 2.19. The lowest BCUT2D eigenvalue weighted by atomic mass is 10.2. The zero-order valence-corrected chi connectivity index (χ0v) is 9.54. The molecule has 0 aliphatic heterocycles. The number of fused-ring (bicyclic) bond motifs is 1. The molecule has 1 heteroatoms. The van der Waals surface area contributed by atoms with E-state index in [2.05, 4.69) is 48.9 Å². The van der Waals surface area contributed by atoms with E-state index in [0.717, 1.165) is 6.54 Å². The lowest BCUT2D eigenvalue weighted by molar-refractivity contribution is 0.795. The number of aromatic nitrogens is 1. The smallest absolute Gasteiger partial charge is 0.0482 e. The van der Waals surface area contributed by atoms with Crippen LogP contribution in [-0.4, -0.2) is 4.57 Å². The van der Waals surface area contributed by atoms with Crippen LogP contribution in [0.25, 0.3) is 10.9 Å². The van der Waals surface area contributed by atoms with Crippen molar-refractivity contribution in [3.8, 4) is 0 Å². The molecular weight excluding hydrogens is 170 g/mol. The fraction of sp³-hybridized carbons (Fsp3) is 0.385. The maximum atomic E-state index is 2.28. The second kappa shape index (κ2) is 4.85. The third-order valence-corrected chi connectivity index (χ3v) is 2.33. The zero-order chi connectivity index (χ0) is 10.6. The van der Waals surface area contributed by atoms with Gasteiger partial charge in [-0.2, -0.15) is 0 Å². The summed E-state index contributed by atoms with van der Waals surface area (Å²) in [6.07, 6.45) is 2.21. The maximum absolute atomic E-state index is 2.28. The predicted octanol–water partition coefficient (Wildman–Crippen LogP) is 4.00. The fourth-order valence-electron chi connectivity index (χ4n) is 1.69. The lowest BCUT2D eigenvalue weighted by Gasteiger charge is -1.98. The first-order valence-corrected chi connectivity index (χ1v) is 5.37. The largest absolute Gasteiger partial charge is 0.347 e. The molecule has 0 atom stereocenters. The summed E-state index contributed by atoms with van der Waals surface area (Å²) < 4.78 is 2.28. The first-order valence-electron chi connectivity index (χ1n) is 5.37. The first kappa shape index (κ1) is 10.8. The summed E-state index contributed by atoms with van der Waals surface area (Å²) in [5.41, 5.74) is 2.71. The van der Waals surface area contributed by atoms with Crippen molar-refractivity contribution in [3.63, 3.8) is 0 Å². The standard InChI is InChI=1S/C11H13N.C2H6/c1-3-12-8-9(2)10-6-4-5-7-11(10)12;1-2/h4-8H,3H2,1-2H3;1-2H3. The molecule has 14 heavy (non-hydrogen) atoms. The number of nitrogens with zero attached hydrogens (tertiary/aromatic N) is 1. The summed E-state index contributed by atoms with van der Waals surface area (Å²) in [6.45, 7) is 9.38.